The lowest BCUT2D eigenvalue weighted by Crippen LogP contribution is -2.66. The molecule has 358 valence electrons. The van der Waals surface area contributed by atoms with Crippen LogP contribution < -0.4 is 0 Å². The molecule has 8 rings (SSSR count). The van der Waals surface area contributed by atoms with Gasteiger partial charge in [-0.25, -0.2) is 9.13 Å². The second-order valence-electron chi connectivity index (χ2n) is 16.3. The van der Waals surface area contributed by atoms with E-state index in [0.717, 1.165) is 16.7 Å². The molecule has 7 aromatic carbocycles. The Morgan fingerprint density at radius 1 is 0.290 bits per heavy atom. The van der Waals surface area contributed by atoms with Gasteiger partial charge in [-0.1, -0.05) is 212 Å². The zero-order chi connectivity index (χ0) is 47.6. The Kier molecular flexibility index (Phi) is 18.4. The van der Waals surface area contributed by atoms with Gasteiger partial charge in [0.2, 0.25) is 0 Å². The lowest BCUT2D eigenvalue weighted by Gasteiger charge is -2.48. The normalized spacial score (nSPS) is 19.6. The number of rotatable bonds is 25. The maximum Gasteiger partial charge on any atom is 0.475 e. The molecule has 12 nitrogen and oxygen atoms in total. The fourth-order valence-corrected chi connectivity index (χ4v) is 10.4. The summed E-state index contributed by atoms with van der Waals surface area (Å²) in [6, 6.07) is 64.9. The summed E-state index contributed by atoms with van der Waals surface area (Å²) in [5, 5.41) is 12.9. The number of phosphoric acid groups is 2. The molecule has 1 fully saturated rings. The number of phosphoric ester groups is 2. The average molecular weight is 971 g/mol. The molecule has 0 amide bonds. The van der Waals surface area contributed by atoms with E-state index in [4.69, 9.17) is 41.4 Å². The highest BCUT2D eigenvalue weighted by Crippen LogP contribution is 2.57. The fraction of sp³-hybridized carbons (Fsp3) is 0.236. The largest absolute Gasteiger partial charge is 0.475 e. The average Bonchev–Trinajstić information content (AvgIpc) is 3.40. The van der Waals surface area contributed by atoms with Crippen LogP contribution >= 0.6 is 15.6 Å². The summed E-state index contributed by atoms with van der Waals surface area (Å²) >= 11 is 0. The van der Waals surface area contributed by atoms with Crippen LogP contribution in [0, 0.1) is 0 Å². The molecule has 0 heterocycles. The molecule has 14 heteroatoms. The van der Waals surface area contributed by atoms with Crippen molar-refractivity contribution < 1.29 is 55.6 Å². The SMILES string of the molecule is O=P(OCc1ccccc1)(OCc1ccccc1)O[C@@H]1[C@H](OCc2ccccc2)[C@H](OCc2ccccc2)[C@@H](O)[C@H](OP(=O)(OCc2ccccc2)OCc2ccccc2)[C@H]1OCc1ccccc1. The van der Waals surface area contributed by atoms with Gasteiger partial charge < -0.3 is 19.3 Å². The molecular weight excluding hydrogens is 915 g/mol. The van der Waals surface area contributed by atoms with E-state index in [0.29, 0.717) is 22.3 Å². The molecular formula is C55H56O12P2. The Balaban J connectivity index is 1.23. The topological polar surface area (TPSA) is 137 Å². The van der Waals surface area contributed by atoms with Gasteiger partial charge in [0.1, 0.15) is 36.6 Å². The minimum absolute atomic E-state index is 0.00208. The number of hydrogen-bond donors (Lipinski definition) is 1. The van der Waals surface area contributed by atoms with Crippen molar-refractivity contribution in [2.24, 2.45) is 0 Å². The van der Waals surface area contributed by atoms with Crippen LogP contribution in [0.4, 0.5) is 0 Å². The maximum absolute atomic E-state index is 15.5. The molecule has 1 aliphatic rings. The standard InChI is InChI=1S/C55H56O12P2/c56-50-51(59-36-43-22-8-1-9-23-43)53(60-37-44-24-10-2-11-25-44)55(67-69(58,64-41-48-32-18-6-19-33-48)65-42-49-34-20-7-21-35-49)54(61-38-45-26-12-3-13-27-45)52(50)66-68(57,62-39-46-28-14-4-15-29-46)63-40-47-30-16-5-17-31-47/h1-35,50-56H,36-42H2/t50-,51-,52+,53-,54-,55-/m1/s1. The Hall–Kier alpha value is -5.40. The van der Waals surface area contributed by atoms with Crippen molar-refractivity contribution in [2.75, 3.05) is 0 Å². The molecule has 0 radical (unpaired) electrons. The third-order valence-corrected chi connectivity index (χ3v) is 14.0. The van der Waals surface area contributed by atoms with Crippen molar-refractivity contribution in [1.82, 2.24) is 0 Å². The third kappa shape index (κ3) is 15.0. The second kappa shape index (κ2) is 25.5. The van der Waals surface area contributed by atoms with Crippen LogP contribution in [0.1, 0.15) is 38.9 Å². The lowest BCUT2D eigenvalue weighted by atomic mass is 9.84. The predicted octanol–water partition coefficient (Wildman–Crippen LogP) is 12.0. The first kappa shape index (κ1) is 50.0. The third-order valence-electron chi connectivity index (χ3n) is 11.3. The first-order chi connectivity index (χ1) is 33.8. The monoisotopic (exact) mass is 970 g/mol. The van der Waals surface area contributed by atoms with Gasteiger partial charge in [0.15, 0.2) is 0 Å². The number of aliphatic hydroxyl groups excluding tert-OH is 1. The Labute approximate surface area is 403 Å². The zero-order valence-electron chi connectivity index (χ0n) is 38.0. The van der Waals surface area contributed by atoms with Gasteiger partial charge in [0, 0.05) is 0 Å². The molecule has 0 saturated heterocycles. The Morgan fingerprint density at radius 3 is 0.783 bits per heavy atom. The molecule has 0 bridgehead atoms. The molecule has 69 heavy (non-hydrogen) atoms. The quantitative estimate of drug-likeness (QED) is 0.0546. The van der Waals surface area contributed by atoms with Gasteiger partial charge in [-0.3, -0.25) is 27.1 Å². The van der Waals surface area contributed by atoms with E-state index in [1.807, 2.05) is 212 Å². The molecule has 1 N–H and O–H groups in total. The fourth-order valence-electron chi connectivity index (χ4n) is 7.66. The van der Waals surface area contributed by atoms with Crippen molar-refractivity contribution in [3.63, 3.8) is 0 Å². The van der Waals surface area contributed by atoms with Crippen LogP contribution in [0.2, 0.25) is 0 Å². The smallest absolute Gasteiger partial charge is 0.387 e. The minimum Gasteiger partial charge on any atom is -0.387 e. The van der Waals surface area contributed by atoms with E-state index in [1.165, 1.54) is 0 Å². The van der Waals surface area contributed by atoms with Gasteiger partial charge >= 0.3 is 15.6 Å². The van der Waals surface area contributed by atoms with Crippen LogP contribution in [-0.4, -0.2) is 41.7 Å². The van der Waals surface area contributed by atoms with E-state index in [1.54, 1.807) is 0 Å². The molecule has 1 aliphatic carbocycles. The molecule has 0 aromatic heterocycles. The number of aliphatic hydroxyl groups is 1. The van der Waals surface area contributed by atoms with E-state index in [-0.39, 0.29) is 46.2 Å². The van der Waals surface area contributed by atoms with Crippen LogP contribution in [-0.2, 0) is 96.7 Å². The summed E-state index contributed by atoms with van der Waals surface area (Å²) < 4.78 is 89.2. The zero-order valence-corrected chi connectivity index (χ0v) is 39.7. The summed E-state index contributed by atoms with van der Waals surface area (Å²) in [6.45, 7) is -0.691. The highest BCUT2D eigenvalue weighted by atomic mass is 31.2. The Morgan fingerprint density at radius 2 is 0.507 bits per heavy atom. The van der Waals surface area contributed by atoms with Crippen molar-refractivity contribution in [2.45, 2.75) is 82.9 Å². The highest BCUT2D eigenvalue weighted by Gasteiger charge is 2.58. The van der Waals surface area contributed by atoms with Crippen LogP contribution in [0.5, 0.6) is 0 Å². The molecule has 6 atom stereocenters. The van der Waals surface area contributed by atoms with Gasteiger partial charge in [-0.15, -0.1) is 0 Å². The van der Waals surface area contributed by atoms with E-state index < -0.39 is 52.3 Å². The lowest BCUT2D eigenvalue weighted by molar-refractivity contribution is -0.257. The van der Waals surface area contributed by atoms with Crippen LogP contribution in [0.15, 0.2) is 212 Å². The second-order valence-corrected chi connectivity index (χ2v) is 19.6. The molecule has 0 unspecified atom stereocenters. The Bertz CT molecular complexity index is 2540. The number of benzene rings is 7. The minimum atomic E-state index is -4.68. The first-order valence-electron chi connectivity index (χ1n) is 22.8. The van der Waals surface area contributed by atoms with Crippen LogP contribution in [0.25, 0.3) is 0 Å². The summed E-state index contributed by atoms with van der Waals surface area (Å²) in [7, 11) is -9.36. The first-order valence-corrected chi connectivity index (χ1v) is 25.7. The van der Waals surface area contributed by atoms with Crippen molar-refractivity contribution >= 4 is 15.6 Å². The van der Waals surface area contributed by atoms with Crippen molar-refractivity contribution in [1.29, 1.82) is 0 Å². The number of ether oxygens (including phenoxy) is 3. The maximum atomic E-state index is 15.5. The van der Waals surface area contributed by atoms with Gasteiger partial charge in [0.05, 0.1) is 46.2 Å². The molecule has 7 aromatic rings. The summed E-state index contributed by atoms with van der Waals surface area (Å²) in [5.41, 5.74) is 5.13. The predicted molar refractivity (Wildman–Crippen MR) is 261 cm³/mol. The van der Waals surface area contributed by atoms with Gasteiger partial charge in [0.25, 0.3) is 0 Å². The van der Waals surface area contributed by atoms with Gasteiger partial charge in [-0.2, -0.15) is 0 Å². The van der Waals surface area contributed by atoms with Crippen molar-refractivity contribution in [3.8, 4) is 0 Å². The van der Waals surface area contributed by atoms with E-state index >= 15 is 9.13 Å². The molecule has 1 saturated carbocycles. The molecule has 0 spiro atoms. The van der Waals surface area contributed by atoms with Crippen molar-refractivity contribution in [3.05, 3.63) is 251 Å². The summed E-state index contributed by atoms with van der Waals surface area (Å²) in [6.07, 6.45) is -8.73. The van der Waals surface area contributed by atoms with Gasteiger partial charge in [-0.05, 0) is 38.9 Å². The van der Waals surface area contributed by atoms with Crippen LogP contribution in [0.3, 0.4) is 0 Å². The van der Waals surface area contributed by atoms with E-state index in [9.17, 15) is 5.11 Å². The number of hydrogen-bond acceptors (Lipinski definition) is 12. The van der Waals surface area contributed by atoms with E-state index in [2.05, 4.69) is 0 Å². The summed E-state index contributed by atoms with van der Waals surface area (Å²) in [5.74, 6) is 0. The highest BCUT2D eigenvalue weighted by molar-refractivity contribution is 7.48. The summed E-state index contributed by atoms with van der Waals surface area (Å²) in [4.78, 5) is 0. The molecule has 0 aliphatic heterocycles.